The molecule has 1 fully saturated rings. The Morgan fingerprint density at radius 2 is 1.49 bits per heavy atom. The molecule has 4 rings (SSSR count). The monoisotopic (exact) mass is 508 g/mol. The topological polar surface area (TPSA) is 102 Å². The first-order valence-corrected chi connectivity index (χ1v) is 12.2. The lowest BCUT2D eigenvalue weighted by atomic mass is 10.1. The highest BCUT2D eigenvalue weighted by atomic mass is 32.2. The standard InChI is InChI=1S/C25H20N2O6S2/c1-16-3-13-21(14-4-16)35(30,31)33-20-9-5-17(6-10-20)15-22-23(28)26-25(34)27(24(22)29)18-7-11-19(32-2)12-8-18/h3-15H,1-2H3,(H,26,28,34)/b22-15-. The molecular formula is C25H20N2O6S2. The minimum atomic E-state index is -4.00. The van der Waals surface area contributed by atoms with Crippen LogP contribution in [0.1, 0.15) is 11.1 Å². The van der Waals surface area contributed by atoms with Crippen molar-refractivity contribution in [3.8, 4) is 11.5 Å². The van der Waals surface area contributed by atoms with E-state index in [-0.39, 0.29) is 21.3 Å². The Kier molecular flexibility index (Phi) is 6.68. The van der Waals surface area contributed by atoms with Crippen LogP contribution >= 0.6 is 12.2 Å². The number of methoxy groups -OCH3 is 1. The van der Waals surface area contributed by atoms with Gasteiger partial charge >= 0.3 is 10.1 Å². The van der Waals surface area contributed by atoms with Crippen molar-refractivity contribution in [1.82, 2.24) is 5.32 Å². The Hall–Kier alpha value is -4.02. The number of amides is 2. The van der Waals surface area contributed by atoms with Gasteiger partial charge in [0.05, 0.1) is 12.8 Å². The zero-order chi connectivity index (χ0) is 25.2. The molecular weight excluding hydrogens is 488 g/mol. The van der Waals surface area contributed by atoms with Crippen LogP contribution in [0.4, 0.5) is 5.69 Å². The molecule has 0 spiro atoms. The molecule has 1 N–H and O–H groups in total. The van der Waals surface area contributed by atoms with Crippen LogP contribution < -0.4 is 19.1 Å². The number of benzene rings is 3. The maximum Gasteiger partial charge on any atom is 0.339 e. The van der Waals surface area contributed by atoms with E-state index in [0.717, 1.165) is 5.56 Å². The van der Waals surface area contributed by atoms with Crippen molar-refractivity contribution in [3.05, 3.63) is 89.5 Å². The van der Waals surface area contributed by atoms with Gasteiger partial charge in [0.1, 0.15) is 22.0 Å². The third-order valence-electron chi connectivity index (χ3n) is 5.14. The van der Waals surface area contributed by atoms with Crippen molar-refractivity contribution in [1.29, 1.82) is 0 Å². The van der Waals surface area contributed by atoms with Crippen molar-refractivity contribution in [2.45, 2.75) is 11.8 Å². The van der Waals surface area contributed by atoms with Gasteiger partial charge < -0.3 is 8.92 Å². The molecule has 35 heavy (non-hydrogen) atoms. The predicted octanol–water partition coefficient (Wildman–Crippen LogP) is 3.60. The molecule has 10 heteroatoms. The van der Waals surface area contributed by atoms with E-state index in [4.69, 9.17) is 21.1 Å². The second-order valence-electron chi connectivity index (χ2n) is 7.58. The zero-order valence-electron chi connectivity index (χ0n) is 18.7. The summed E-state index contributed by atoms with van der Waals surface area (Å²) < 4.78 is 35.3. The Balaban J connectivity index is 1.56. The Bertz CT molecular complexity index is 1430. The summed E-state index contributed by atoms with van der Waals surface area (Å²) in [6.07, 6.45) is 1.40. The van der Waals surface area contributed by atoms with E-state index < -0.39 is 21.9 Å². The second-order valence-corrected chi connectivity index (χ2v) is 9.51. The smallest absolute Gasteiger partial charge is 0.339 e. The van der Waals surface area contributed by atoms with Gasteiger partial charge in [-0.05, 0) is 79.3 Å². The van der Waals surface area contributed by atoms with Crippen LogP contribution in [-0.4, -0.2) is 32.5 Å². The summed E-state index contributed by atoms with van der Waals surface area (Å²) in [5.41, 5.74) is 1.76. The van der Waals surface area contributed by atoms with E-state index in [1.807, 2.05) is 6.92 Å². The fourth-order valence-corrected chi connectivity index (χ4v) is 4.50. The predicted molar refractivity (Wildman–Crippen MR) is 135 cm³/mol. The van der Waals surface area contributed by atoms with E-state index in [2.05, 4.69) is 5.32 Å². The summed E-state index contributed by atoms with van der Waals surface area (Å²) in [6, 6.07) is 18.9. The fraction of sp³-hybridized carbons (Fsp3) is 0.0800. The molecule has 178 valence electrons. The number of nitrogens with one attached hydrogen (secondary N) is 1. The van der Waals surface area contributed by atoms with E-state index >= 15 is 0 Å². The number of rotatable bonds is 6. The van der Waals surface area contributed by atoms with Crippen molar-refractivity contribution in [2.75, 3.05) is 12.0 Å². The number of anilines is 1. The lowest BCUT2D eigenvalue weighted by Crippen LogP contribution is -2.54. The molecule has 0 aliphatic carbocycles. The molecule has 0 saturated carbocycles. The van der Waals surface area contributed by atoms with E-state index in [0.29, 0.717) is 17.0 Å². The molecule has 0 aromatic heterocycles. The normalized spacial score (nSPS) is 15.2. The van der Waals surface area contributed by atoms with Crippen LogP contribution in [0.15, 0.2) is 83.3 Å². The van der Waals surface area contributed by atoms with Crippen LogP contribution in [0.5, 0.6) is 11.5 Å². The van der Waals surface area contributed by atoms with Gasteiger partial charge in [-0.1, -0.05) is 29.8 Å². The number of nitrogens with zero attached hydrogens (tertiary/aromatic N) is 1. The van der Waals surface area contributed by atoms with E-state index in [1.165, 1.54) is 54.5 Å². The molecule has 0 unspecified atom stereocenters. The van der Waals surface area contributed by atoms with E-state index in [9.17, 15) is 18.0 Å². The number of aryl methyl sites for hydroxylation is 1. The largest absolute Gasteiger partial charge is 0.497 e. The maximum atomic E-state index is 13.1. The van der Waals surface area contributed by atoms with Gasteiger partial charge in [0.2, 0.25) is 0 Å². The summed E-state index contributed by atoms with van der Waals surface area (Å²) >= 11 is 5.20. The van der Waals surface area contributed by atoms with Crippen LogP contribution in [-0.2, 0) is 19.7 Å². The van der Waals surface area contributed by atoms with Gasteiger partial charge in [-0.2, -0.15) is 8.42 Å². The van der Waals surface area contributed by atoms with Crippen molar-refractivity contribution < 1.29 is 26.9 Å². The van der Waals surface area contributed by atoms with Crippen molar-refractivity contribution in [2.24, 2.45) is 0 Å². The number of hydrogen-bond acceptors (Lipinski definition) is 7. The summed E-state index contributed by atoms with van der Waals surface area (Å²) in [4.78, 5) is 26.9. The Labute approximate surface area is 207 Å². The van der Waals surface area contributed by atoms with Crippen LogP contribution in [0.3, 0.4) is 0 Å². The SMILES string of the molecule is COc1ccc(N2C(=O)/C(=C\c3ccc(OS(=O)(=O)c4ccc(C)cc4)cc3)C(=O)NC2=S)cc1. The number of thiocarbonyl (C=S) groups is 1. The summed E-state index contributed by atoms with van der Waals surface area (Å²) in [5, 5.41) is 2.48. The molecule has 0 atom stereocenters. The summed E-state index contributed by atoms with van der Waals surface area (Å²) in [5.74, 6) is -0.526. The highest BCUT2D eigenvalue weighted by Gasteiger charge is 2.34. The average Bonchev–Trinajstić information content (AvgIpc) is 2.83. The Morgan fingerprint density at radius 3 is 2.09 bits per heavy atom. The van der Waals surface area contributed by atoms with Crippen LogP contribution in [0.25, 0.3) is 6.08 Å². The lowest BCUT2D eigenvalue weighted by molar-refractivity contribution is -0.122. The highest BCUT2D eigenvalue weighted by molar-refractivity contribution is 7.87. The third kappa shape index (κ3) is 5.23. The molecule has 1 heterocycles. The number of carbonyl (C=O) groups excluding carboxylic acids is 2. The highest BCUT2D eigenvalue weighted by Crippen LogP contribution is 2.25. The van der Waals surface area contributed by atoms with Gasteiger partial charge in [-0.25, -0.2) is 0 Å². The zero-order valence-corrected chi connectivity index (χ0v) is 20.4. The quantitative estimate of drug-likeness (QED) is 0.235. The first-order chi connectivity index (χ1) is 16.7. The molecule has 0 bridgehead atoms. The summed E-state index contributed by atoms with van der Waals surface area (Å²) in [7, 11) is -2.47. The van der Waals surface area contributed by atoms with Gasteiger partial charge in [0, 0.05) is 0 Å². The third-order valence-corrected chi connectivity index (χ3v) is 6.69. The Morgan fingerprint density at radius 1 is 0.886 bits per heavy atom. The minimum absolute atomic E-state index is 0.0348. The molecule has 0 radical (unpaired) electrons. The molecule has 2 amide bonds. The minimum Gasteiger partial charge on any atom is -0.497 e. The van der Waals surface area contributed by atoms with Gasteiger partial charge in [0.25, 0.3) is 11.8 Å². The first kappa shape index (κ1) is 24.1. The number of carbonyl (C=O) groups is 2. The van der Waals surface area contributed by atoms with E-state index in [1.54, 1.807) is 36.4 Å². The van der Waals surface area contributed by atoms with Crippen LogP contribution in [0, 0.1) is 6.92 Å². The maximum absolute atomic E-state index is 13.1. The van der Waals surface area contributed by atoms with Gasteiger partial charge in [-0.15, -0.1) is 0 Å². The molecule has 1 aliphatic heterocycles. The van der Waals surface area contributed by atoms with Crippen molar-refractivity contribution >= 4 is 51.0 Å². The molecule has 8 nitrogen and oxygen atoms in total. The van der Waals surface area contributed by atoms with Crippen LogP contribution in [0.2, 0.25) is 0 Å². The number of ether oxygens (including phenoxy) is 1. The molecule has 1 saturated heterocycles. The van der Waals surface area contributed by atoms with Crippen molar-refractivity contribution in [3.63, 3.8) is 0 Å². The van der Waals surface area contributed by atoms with Gasteiger partial charge in [0.15, 0.2) is 5.11 Å². The average molecular weight is 509 g/mol. The fourth-order valence-electron chi connectivity index (χ4n) is 3.29. The van der Waals surface area contributed by atoms with Gasteiger partial charge in [-0.3, -0.25) is 19.8 Å². The second kappa shape index (κ2) is 9.69. The summed E-state index contributed by atoms with van der Waals surface area (Å²) in [6.45, 7) is 1.85. The molecule has 3 aromatic rings. The number of hydrogen-bond donors (Lipinski definition) is 1. The molecule has 1 aliphatic rings. The molecule has 3 aromatic carbocycles. The first-order valence-electron chi connectivity index (χ1n) is 10.3. The lowest BCUT2D eigenvalue weighted by Gasteiger charge is -2.29.